The minimum Gasteiger partial charge on any atom is -0.467 e. The number of anilines is 1. The fourth-order valence-electron chi connectivity index (χ4n) is 2.52. The van der Waals surface area contributed by atoms with Gasteiger partial charge in [-0.25, -0.2) is 0 Å². The molecule has 2 heterocycles. The molecule has 0 radical (unpaired) electrons. The Morgan fingerprint density at radius 3 is 2.74 bits per heavy atom. The molecular weight excluding hydrogens is 236 g/mol. The molecule has 0 aliphatic carbocycles. The molecule has 0 unspecified atom stereocenters. The number of hydrogen-bond donors (Lipinski definition) is 1. The average molecular weight is 248 g/mol. The van der Waals surface area contributed by atoms with Crippen LogP contribution in [0.2, 0.25) is 0 Å². The van der Waals surface area contributed by atoms with Gasteiger partial charge < -0.3 is 9.73 Å². The van der Waals surface area contributed by atoms with E-state index in [9.17, 15) is 0 Å². The second kappa shape index (κ2) is 3.99. The van der Waals surface area contributed by atoms with Gasteiger partial charge in [0, 0.05) is 16.6 Å². The summed E-state index contributed by atoms with van der Waals surface area (Å²) in [5, 5.41) is 5.87. The number of nitrogens with one attached hydrogen (secondary N) is 1. The second-order valence-corrected chi connectivity index (χ2v) is 4.58. The number of rotatable bonds is 2. The van der Waals surface area contributed by atoms with Crippen molar-refractivity contribution in [1.82, 2.24) is 0 Å². The largest absolute Gasteiger partial charge is 0.467 e. The molecule has 4 rings (SSSR count). The molecule has 0 bridgehead atoms. The molecule has 1 aliphatic heterocycles. The summed E-state index contributed by atoms with van der Waals surface area (Å²) >= 11 is 0. The van der Waals surface area contributed by atoms with Crippen molar-refractivity contribution >= 4 is 22.3 Å². The lowest BCUT2D eigenvalue weighted by Crippen LogP contribution is -2.07. The predicted molar refractivity (Wildman–Crippen MR) is 76.5 cm³/mol. The van der Waals surface area contributed by atoms with Crippen LogP contribution in [0.3, 0.4) is 0 Å². The third kappa shape index (κ3) is 1.63. The Morgan fingerprint density at radius 2 is 1.89 bits per heavy atom. The van der Waals surface area contributed by atoms with Crippen LogP contribution in [0.5, 0.6) is 0 Å². The molecular formula is C16H12N2O. The first kappa shape index (κ1) is 10.4. The Hall–Kier alpha value is -2.55. The van der Waals surface area contributed by atoms with E-state index in [-0.39, 0.29) is 0 Å². The minimum absolute atomic E-state index is 0.555. The SMILES string of the molecule is c1coc(CN=C2Nc3cccc4cccc2c34)c1. The molecule has 0 atom stereocenters. The highest BCUT2D eigenvalue weighted by atomic mass is 16.3. The quantitative estimate of drug-likeness (QED) is 0.748. The van der Waals surface area contributed by atoms with Crippen LogP contribution >= 0.6 is 0 Å². The summed E-state index contributed by atoms with van der Waals surface area (Å²) in [6.45, 7) is 0.555. The van der Waals surface area contributed by atoms with E-state index in [2.05, 4.69) is 46.7 Å². The Morgan fingerprint density at radius 1 is 1.00 bits per heavy atom. The van der Waals surface area contributed by atoms with E-state index in [1.54, 1.807) is 6.26 Å². The van der Waals surface area contributed by atoms with Crippen molar-refractivity contribution in [3.05, 3.63) is 66.1 Å². The Bertz CT molecular complexity index is 767. The van der Waals surface area contributed by atoms with E-state index in [1.807, 2.05) is 12.1 Å². The lowest BCUT2D eigenvalue weighted by Gasteiger charge is -1.99. The monoisotopic (exact) mass is 248 g/mol. The van der Waals surface area contributed by atoms with Crippen LogP contribution < -0.4 is 5.32 Å². The van der Waals surface area contributed by atoms with Crippen molar-refractivity contribution in [3.8, 4) is 0 Å². The third-order valence-corrected chi connectivity index (χ3v) is 3.39. The zero-order valence-corrected chi connectivity index (χ0v) is 10.3. The third-order valence-electron chi connectivity index (χ3n) is 3.39. The Balaban J connectivity index is 1.79. The number of benzene rings is 2. The maximum absolute atomic E-state index is 5.31. The van der Waals surface area contributed by atoms with Crippen LogP contribution in [0.1, 0.15) is 11.3 Å². The van der Waals surface area contributed by atoms with E-state index in [0.29, 0.717) is 6.54 Å². The van der Waals surface area contributed by atoms with E-state index in [0.717, 1.165) is 17.3 Å². The summed E-state index contributed by atoms with van der Waals surface area (Å²) in [6, 6.07) is 16.4. The molecule has 0 spiro atoms. The maximum atomic E-state index is 5.31. The van der Waals surface area contributed by atoms with Gasteiger partial charge in [-0.15, -0.1) is 0 Å². The molecule has 3 nitrogen and oxygen atoms in total. The molecule has 1 aromatic heterocycles. The van der Waals surface area contributed by atoms with Crippen LogP contribution in [-0.2, 0) is 6.54 Å². The summed E-state index contributed by atoms with van der Waals surface area (Å²) in [5.41, 5.74) is 2.30. The molecule has 1 aliphatic rings. The lowest BCUT2D eigenvalue weighted by molar-refractivity contribution is 0.513. The molecule has 3 aromatic rings. The van der Waals surface area contributed by atoms with Gasteiger partial charge >= 0.3 is 0 Å². The molecule has 0 fully saturated rings. The number of aliphatic imine (C=N–C) groups is 1. The summed E-state index contributed by atoms with van der Waals surface area (Å²) in [7, 11) is 0. The predicted octanol–water partition coefficient (Wildman–Crippen LogP) is 3.81. The lowest BCUT2D eigenvalue weighted by atomic mass is 10.1. The molecule has 19 heavy (non-hydrogen) atoms. The summed E-state index contributed by atoms with van der Waals surface area (Å²) in [6.07, 6.45) is 1.67. The number of hydrogen-bond acceptors (Lipinski definition) is 2. The topological polar surface area (TPSA) is 37.5 Å². The number of furan rings is 1. The van der Waals surface area contributed by atoms with Gasteiger partial charge in [-0.2, -0.15) is 0 Å². The molecule has 2 aromatic carbocycles. The highest BCUT2D eigenvalue weighted by Gasteiger charge is 2.18. The molecule has 92 valence electrons. The normalized spacial score (nSPS) is 15.1. The van der Waals surface area contributed by atoms with Crippen molar-refractivity contribution < 1.29 is 4.42 Å². The van der Waals surface area contributed by atoms with E-state index in [1.165, 1.54) is 16.3 Å². The van der Waals surface area contributed by atoms with Gasteiger partial charge in [-0.1, -0.05) is 30.3 Å². The second-order valence-electron chi connectivity index (χ2n) is 4.58. The average Bonchev–Trinajstić information content (AvgIpc) is 3.07. The smallest absolute Gasteiger partial charge is 0.133 e. The Labute approximate surface area is 110 Å². The molecule has 0 saturated heterocycles. The summed E-state index contributed by atoms with van der Waals surface area (Å²) in [4.78, 5) is 4.62. The minimum atomic E-state index is 0.555. The van der Waals surface area contributed by atoms with Crippen molar-refractivity contribution in [1.29, 1.82) is 0 Å². The molecule has 1 N–H and O–H groups in total. The fraction of sp³-hybridized carbons (Fsp3) is 0.0625. The Kier molecular flexibility index (Phi) is 2.18. The van der Waals surface area contributed by atoms with Crippen LogP contribution in [-0.4, -0.2) is 5.84 Å². The van der Waals surface area contributed by atoms with E-state index >= 15 is 0 Å². The highest BCUT2D eigenvalue weighted by molar-refractivity contribution is 6.25. The van der Waals surface area contributed by atoms with Crippen molar-refractivity contribution in [2.24, 2.45) is 4.99 Å². The van der Waals surface area contributed by atoms with Crippen molar-refractivity contribution in [2.45, 2.75) is 6.54 Å². The summed E-state index contributed by atoms with van der Waals surface area (Å²) < 4.78 is 5.31. The zero-order chi connectivity index (χ0) is 12.7. The van der Waals surface area contributed by atoms with Gasteiger partial charge in [0.15, 0.2) is 0 Å². The van der Waals surface area contributed by atoms with Crippen molar-refractivity contribution in [2.75, 3.05) is 5.32 Å². The van der Waals surface area contributed by atoms with Gasteiger partial charge in [-0.3, -0.25) is 4.99 Å². The van der Waals surface area contributed by atoms with Gasteiger partial charge in [-0.05, 0) is 23.6 Å². The molecule has 3 heteroatoms. The number of amidine groups is 1. The van der Waals surface area contributed by atoms with E-state index < -0.39 is 0 Å². The van der Waals surface area contributed by atoms with Crippen LogP contribution in [0, 0.1) is 0 Å². The van der Waals surface area contributed by atoms with Gasteiger partial charge in [0.2, 0.25) is 0 Å². The fourth-order valence-corrected chi connectivity index (χ4v) is 2.52. The first-order chi connectivity index (χ1) is 9.42. The number of nitrogens with zero attached hydrogens (tertiary/aromatic N) is 1. The summed E-state index contributed by atoms with van der Waals surface area (Å²) in [5.74, 6) is 1.79. The van der Waals surface area contributed by atoms with Crippen molar-refractivity contribution in [3.63, 3.8) is 0 Å². The standard InChI is InChI=1S/C16H12N2O/c1-4-11-5-2-8-14-15(11)13(7-1)16(18-14)17-10-12-6-3-9-19-12/h1-9H,10H2,(H,17,18). The zero-order valence-electron chi connectivity index (χ0n) is 10.3. The van der Waals surface area contributed by atoms with Crippen LogP contribution in [0.15, 0.2) is 64.2 Å². The van der Waals surface area contributed by atoms with Gasteiger partial charge in [0.25, 0.3) is 0 Å². The van der Waals surface area contributed by atoms with E-state index in [4.69, 9.17) is 4.42 Å². The van der Waals surface area contributed by atoms with Gasteiger partial charge in [0.05, 0.1) is 12.8 Å². The molecule has 0 saturated carbocycles. The molecule has 0 amide bonds. The maximum Gasteiger partial charge on any atom is 0.133 e. The first-order valence-electron chi connectivity index (χ1n) is 6.28. The van der Waals surface area contributed by atoms with Crippen LogP contribution in [0.25, 0.3) is 10.8 Å². The van der Waals surface area contributed by atoms with Gasteiger partial charge in [0.1, 0.15) is 11.6 Å². The highest BCUT2D eigenvalue weighted by Crippen LogP contribution is 2.33. The van der Waals surface area contributed by atoms with Crippen LogP contribution in [0.4, 0.5) is 5.69 Å². The first-order valence-corrected chi connectivity index (χ1v) is 6.28.